The molecule has 0 spiro atoms. The smallest absolute Gasteiger partial charge is 0.131 e. The van der Waals surface area contributed by atoms with E-state index in [2.05, 4.69) is 9.82 Å². The summed E-state index contributed by atoms with van der Waals surface area (Å²) in [6, 6.07) is 4.90. The predicted molar refractivity (Wildman–Crippen MR) is 97.5 cm³/mol. The van der Waals surface area contributed by atoms with Gasteiger partial charge in [-0.3, -0.25) is 4.68 Å². The lowest BCUT2D eigenvalue weighted by atomic mass is 9.86. The molecule has 2 N–H and O–H groups in total. The molecule has 144 valence electrons. The number of nitrogens with zero attached hydrogens (tertiary/aromatic N) is 2. The summed E-state index contributed by atoms with van der Waals surface area (Å²) in [6.45, 7) is 7.01. The van der Waals surface area contributed by atoms with Crippen LogP contribution >= 0.6 is 0 Å². The van der Waals surface area contributed by atoms with Gasteiger partial charge < -0.3 is 5.11 Å². The quantitative estimate of drug-likeness (QED) is 0.803. The van der Waals surface area contributed by atoms with Crippen LogP contribution in [0.5, 0.6) is 0 Å². The zero-order valence-corrected chi connectivity index (χ0v) is 16.4. The van der Waals surface area contributed by atoms with Gasteiger partial charge in [-0.25, -0.2) is 17.7 Å². The van der Waals surface area contributed by atoms with Gasteiger partial charge in [-0.2, -0.15) is 5.10 Å². The van der Waals surface area contributed by atoms with Gasteiger partial charge in [-0.05, 0) is 39.8 Å². The Morgan fingerprint density at radius 1 is 1.27 bits per heavy atom. The van der Waals surface area contributed by atoms with Crippen molar-refractivity contribution in [1.82, 2.24) is 14.5 Å². The Morgan fingerprint density at radius 2 is 1.92 bits per heavy atom. The Morgan fingerprint density at radius 3 is 2.42 bits per heavy atom. The molecule has 0 fully saturated rings. The van der Waals surface area contributed by atoms with Crippen molar-refractivity contribution in [1.29, 1.82) is 0 Å². The monoisotopic (exact) mass is 385 g/mol. The maximum absolute atomic E-state index is 14.5. The Hall–Kier alpha value is -1.64. The molecule has 0 unspecified atom stereocenters. The largest absolute Gasteiger partial charge is 0.387 e. The highest BCUT2D eigenvalue weighted by Crippen LogP contribution is 2.34. The second-order valence-corrected chi connectivity index (χ2v) is 9.51. The number of aryl methyl sites for hydroxylation is 1. The van der Waals surface area contributed by atoms with E-state index < -0.39 is 39.0 Å². The van der Waals surface area contributed by atoms with E-state index in [1.807, 2.05) is 0 Å². The maximum atomic E-state index is 14.5. The highest BCUT2D eigenvalue weighted by molar-refractivity contribution is 7.84. The predicted octanol–water partition coefficient (Wildman–Crippen LogP) is 3.09. The summed E-state index contributed by atoms with van der Waals surface area (Å²) in [7, 11) is 0.156. The number of nitrogens with one attached hydrogen (secondary N) is 1. The molecule has 0 aliphatic heterocycles. The molecule has 0 saturated heterocycles. The molecule has 5 nitrogen and oxygen atoms in total. The van der Waals surface area contributed by atoms with Gasteiger partial charge in [0, 0.05) is 31.3 Å². The molecule has 0 aliphatic rings. The molecule has 26 heavy (non-hydrogen) atoms. The third-order valence-corrected chi connectivity index (χ3v) is 5.95. The summed E-state index contributed by atoms with van der Waals surface area (Å²) in [5.74, 6) is -1.46. The number of aromatic nitrogens is 2. The zero-order chi connectivity index (χ0) is 19.7. The van der Waals surface area contributed by atoms with Crippen LogP contribution in [-0.4, -0.2) is 23.8 Å². The number of hydrogen-bond acceptors (Lipinski definition) is 3. The van der Waals surface area contributed by atoms with Gasteiger partial charge in [0.05, 0.1) is 33.1 Å². The molecule has 0 bridgehead atoms. The Labute approximate surface area is 155 Å². The number of aliphatic hydroxyl groups excluding tert-OH is 1. The van der Waals surface area contributed by atoms with Crippen LogP contribution in [0.15, 0.2) is 30.5 Å². The van der Waals surface area contributed by atoms with Crippen LogP contribution in [-0.2, 0) is 23.6 Å². The first kappa shape index (κ1) is 20.7. The first-order chi connectivity index (χ1) is 11.9. The highest BCUT2D eigenvalue weighted by Gasteiger charge is 2.37. The van der Waals surface area contributed by atoms with Gasteiger partial charge in [-0.15, -0.1) is 0 Å². The van der Waals surface area contributed by atoms with Gasteiger partial charge in [-0.1, -0.05) is 6.07 Å². The fourth-order valence-electron chi connectivity index (χ4n) is 2.70. The molecule has 1 aromatic carbocycles. The first-order valence-corrected chi connectivity index (χ1v) is 9.40. The van der Waals surface area contributed by atoms with Gasteiger partial charge in [0.25, 0.3) is 0 Å². The van der Waals surface area contributed by atoms with E-state index in [4.69, 9.17) is 0 Å². The standard InChI is InChI=1S/C18H25F2N3O2S/c1-17(2,3)26(25)22-18(4,13-7-6-12(19)10-14(13)20)11-16(24)15-8-9-21-23(15)5/h6-10,16,22,24H,11H2,1-5H3/t16-,18+,26-/m1/s1. The van der Waals surface area contributed by atoms with E-state index in [0.29, 0.717) is 5.69 Å². The minimum Gasteiger partial charge on any atom is -0.387 e. The van der Waals surface area contributed by atoms with E-state index in [1.54, 1.807) is 47.0 Å². The van der Waals surface area contributed by atoms with E-state index in [9.17, 15) is 18.1 Å². The van der Waals surface area contributed by atoms with Crippen molar-refractivity contribution in [2.24, 2.45) is 7.05 Å². The molecule has 1 heterocycles. The second-order valence-electron chi connectivity index (χ2n) is 7.54. The molecular weight excluding hydrogens is 360 g/mol. The maximum Gasteiger partial charge on any atom is 0.131 e. The third kappa shape index (κ3) is 4.55. The van der Waals surface area contributed by atoms with Crippen LogP contribution in [0.3, 0.4) is 0 Å². The van der Waals surface area contributed by atoms with Crippen molar-refractivity contribution in [3.63, 3.8) is 0 Å². The molecule has 2 aromatic rings. The zero-order valence-electron chi connectivity index (χ0n) is 15.6. The molecule has 2 rings (SSSR count). The molecule has 0 amide bonds. The Balaban J connectivity index is 2.44. The lowest BCUT2D eigenvalue weighted by molar-refractivity contribution is 0.123. The van der Waals surface area contributed by atoms with E-state index in [1.165, 1.54) is 10.7 Å². The number of rotatable bonds is 6. The van der Waals surface area contributed by atoms with Crippen LogP contribution in [0.2, 0.25) is 0 Å². The van der Waals surface area contributed by atoms with Crippen LogP contribution in [0.25, 0.3) is 0 Å². The summed E-state index contributed by atoms with van der Waals surface area (Å²) in [6.07, 6.45) is 0.591. The topological polar surface area (TPSA) is 67.2 Å². The SMILES string of the molecule is Cn1nccc1[C@H](O)C[C@](C)(N[S@](=O)C(C)(C)C)c1ccc(F)cc1F. The summed E-state index contributed by atoms with van der Waals surface area (Å²) in [4.78, 5) is 0. The minimum atomic E-state index is -1.53. The molecule has 0 saturated carbocycles. The molecule has 3 atom stereocenters. The van der Waals surface area contributed by atoms with Crippen LogP contribution in [0.4, 0.5) is 8.78 Å². The number of hydrogen-bond donors (Lipinski definition) is 2. The molecule has 0 radical (unpaired) electrons. The van der Waals surface area contributed by atoms with Gasteiger partial charge in [0.1, 0.15) is 11.6 Å². The fourth-order valence-corrected chi connectivity index (χ4v) is 3.61. The molecule has 0 aliphatic carbocycles. The second kappa shape index (κ2) is 7.54. The van der Waals surface area contributed by atoms with E-state index >= 15 is 0 Å². The Kier molecular flexibility index (Phi) is 5.99. The average Bonchev–Trinajstić information content (AvgIpc) is 2.92. The van der Waals surface area contributed by atoms with Crippen LogP contribution < -0.4 is 4.72 Å². The van der Waals surface area contributed by atoms with Crippen molar-refractivity contribution in [2.45, 2.75) is 50.5 Å². The first-order valence-electron chi connectivity index (χ1n) is 8.25. The molecule has 1 aromatic heterocycles. The van der Waals surface area contributed by atoms with Crippen molar-refractivity contribution < 1.29 is 18.1 Å². The van der Waals surface area contributed by atoms with Crippen LogP contribution in [0.1, 0.15) is 51.5 Å². The lowest BCUT2D eigenvalue weighted by Crippen LogP contribution is -2.47. The van der Waals surface area contributed by atoms with E-state index in [-0.39, 0.29) is 12.0 Å². The van der Waals surface area contributed by atoms with Gasteiger partial charge >= 0.3 is 0 Å². The van der Waals surface area contributed by atoms with Crippen molar-refractivity contribution in [3.05, 3.63) is 53.4 Å². The number of aliphatic hydroxyl groups is 1. The van der Waals surface area contributed by atoms with Crippen molar-refractivity contribution in [2.75, 3.05) is 0 Å². The summed E-state index contributed by atoms with van der Waals surface area (Å²) in [5.41, 5.74) is -0.514. The lowest BCUT2D eigenvalue weighted by Gasteiger charge is -2.35. The summed E-state index contributed by atoms with van der Waals surface area (Å²) < 4.78 is 44.4. The fraction of sp³-hybridized carbons (Fsp3) is 0.500. The normalized spacial score (nSPS) is 16.9. The number of halogens is 2. The minimum absolute atomic E-state index is 0.0247. The van der Waals surface area contributed by atoms with Gasteiger partial charge in [0.15, 0.2) is 0 Å². The summed E-state index contributed by atoms with van der Waals surface area (Å²) in [5, 5.41) is 14.7. The van der Waals surface area contributed by atoms with Gasteiger partial charge in [0.2, 0.25) is 0 Å². The highest BCUT2D eigenvalue weighted by atomic mass is 32.2. The molecule has 8 heteroatoms. The van der Waals surface area contributed by atoms with Crippen LogP contribution in [0, 0.1) is 11.6 Å². The third-order valence-electron chi connectivity index (χ3n) is 4.20. The van der Waals surface area contributed by atoms with Crippen molar-refractivity contribution in [3.8, 4) is 0 Å². The van der Waals surface area contributed by atoms with Crippen molar-refractivity contribution >= 4 is 11.0 Å². The summed E-state index contributed by atoms with van der Waals surface area (Å²) >= 11 is 0. The number of benzene rings is 1. The average molecular weight is 385 g/mol. The Bertz CT molecular complexity index is 804. The molecular formula is C18H25F2N3O2S. The van der Waals surface area contributed by atoms with E-state index in [0.717, 1.165) is 12.1 Å².